The summed E-state index contributed by atoms with van der Waals surface area (Å²) in [4.78, 5) is 62.2. The van der Waals surface area contributed by atoms with E-state index >= 15 is 0 Å². The van der Waals surface area contributed by atoms with Crippen molar-refractivity contribution >= 4 is 35.2 Å². The first-order valence-corrected chi connectivity index (χ1v) is 11.2. The monoisotopic (exact) mass is 507 g/mol. The molecule has 0 saturated heterocycles. The summed E-state index contributed by atoms with van der Waals surface area (Å²) in [5.74, 6) is -3.02. The third kappa shape index (κ3) is 4.40. The van der Waals surface area contributed by atoms with Gasteiger partial charge in [0.15, 0.2) is 5.78 Å². The van der Waals surface area contributed by atoms with Gasteiger partial charge in [-0.25, -0.2) is 14.5 Å². The van der Waals surface area contributed by atoms with Crippen molar-refractivity contribution in [1.82, 2.24) is 0 Å². The summed E-state index contributed by atoms with van der Waals surface area (Å²) in [6.45, 7) is 0. The fourth-order valence-electron chi connectivity index (χ4n) is 4.04. The number of carbonyl (C=O) groups is 5. The van der Waals surface area contributed by atoms with Crippen molar-refractivity contribution in [2.24, 2.45) is 0 Å². The maximum atomic E-state index is 13.1. The predicted octanol–water partition coefficient (Wildman–Crippen LogP) is 4.91. The van der Waals surface area contributed by atoms with Crippen LogP contribution in [0.1, 0.15) is 57.4 Å². The Morgan fingerprint density at radius 1 is 0.579 bits per heavy atom. The van der Waals surface area contributed by atoms with Crippen molar-refractivity contribution in [2.45, 2.75) is 0 Å². The van der Waals surface area contributed by atoms with Crippen molar-refractivity contribution in [2.75, 3.05) is 4.90 Å². The van der Waals surface area contributed by atoms with Gasteiger partial charge in [0.2, 0.25) is 0 Å². The van der Waals surface area contributed by atoms with Crippen LogP contribution in [0.5, 0.6) is 11.5 Å². The number of carboxylic acid groups (broad SMARTS) is 2. The van der Waals surface area contributed by atoms with Crippen LogP contribution in [0.2, 0.25) is 0 Å². The Hall–Kier alpha value is -5.57. The molecule has 9 heteroatoms. The molecule has 4 aromatic rings. The SMILES string of the molecule is O=C(O)c1ccc(Oc2ccc(C(=O)c3ccc4c(c3)C(=O)N(c3cccc(C(=O)O)c3)C4=O)cc2)cc1. The van der Waals surface area contributed by atoms with Gasteiger partial charge in [-0.2, -0.15) is 0 Å². The zero-order valence-electron chi connectivity index (χ0n) is 19.5. The van der Waals surface area contributed by atoms with Crippen molar-refractivity contribution in [3.05, 3.63) is 124 Å². The van der Waals surface area contributed by atoms with Gasteiger partial charge in [-0.05, 0) is 78.9 Å². The largest absolute Gasteiger partial charge is 0.478 e. The number of carboxylic acids is 2. The number of ketones is 1. The second-order valence-corrected chi connectivity index (χ2v) is 8.35. The van der Waals surface area contributed by atoms with Crippen molar-refractivity contribution < 1.29 is 38.9 Å². The number of fused-ring (bicyclic) bond motifs is 1. The first kappa shape index (κ1) is 24.1. The smallest absolute Gasteiger partial charge is 0.335 e. The normalized spacial score (nSPS) is 12.3. The molecule has 1 aliphatic heterocycles. The number of ether oxygens (including phenoxy) is 1. The predicted molar refractivity (Wildman–Crippen MR) is 134 cm³/mol. The van der Waals surface area contributed by atoms with Gasteiger partial charge in [-0.15, -0.1) is 0 Å². The van der Waals surface area contributed by atoms with Gasteiger partial charge >= 0.3 is 11.9 Å². The van der Waals surface area contributed by atoms with Crippen LogP contribution < -0.4 is 9.64 Å². The van der Waals surface area contributed by atoms with Gasteiger partial charge < -0.3 is 14.9 Å². The molecule has 0 aliphatic carbocycles. The average Bonchev–Trinajstić information content (AvgIpc) is 3.18. The molecule has 1 heterocycles. The van der Waals surface area contributed by atoms with Gasteiger partial charge in [-0.1, -0.05) is 12.1 Å². The molecule has 0 spiro atoms. The number of amides is 2. The van der Waals surface area contributed by atoms with Crippen LogP contribution in [-0.2, 0) is 0 Å². The van der Waals surface area contributed by atoms with E-state index in [1.54, 1.807) is 24.3 Å². The van der Waals surface area contributed by atoms with Crippen LogP contribution in [0, 0.1) is 0 Å². The molecule has 186 valence electrons. The number of benzene rings is 4. The highest BCUT2D eigenvalue weighted by Gasteiger charge is 2.37. The highest BCUT2D eigenvalue weighted by Crippen LogP contribution is 2.30. The lowest BCUT2D eigenvalue weighted by molar-refractivity contribution is 0.0686. The van der Waals surface area contributed by atoms with Crippen molar-refractivity contribution in [3.8, 4) is 11.5 Å². The first-order chi connectivity index (χ1) is 18.2. The Morgan fingerprint density at radius 3 is 1.74 bits per heavy atom. The first-order valence-electron chi connectivity index (χ1n) is 11.2. The molecule has 0 unspecified atom stereocenters. The molecular weight excluding hydrogens is 490 g/mol. The van der Waals surface area contributed by atoms with E-state index in [1.807, 2.05) is 0 Å². The maximum Gasteiger partial charge on any atom is 0.335 e. The molecule has 0 atom stereocenters. The van der Waals surface area contributed by atoms with E-state index < -0.39 is 23.8 Å². The number of rotatable bonds is 7. The van der Waals surface area contributed by atoms with Gasteiger partial charge in [0.25, 0.3) is 11.8 Å². The van der Waals surface area contributed by atoms with Crippen LogP contribution in [0.25, 0.3) is 0 Å². The van der Waals surface area contributed by atoms with E-state index in [9.17, 15) is 29.1 Å². The number of hydrogen-bond donors (Lipinski definition) is 2. The Labute approximate surface area is 215 Å². The third-order valence-electron chi connectivity index (χ3n) is 5.95. The van der Waals surface area contributed by atoms with E-state index in [-0.39, 0.29) is 39.3 Å². The Balaban J connectivity index is 1.35. The van der Waals surface area contributed by atoms with Crippen LogP contribution in [0.15, 0.2) is 91.0 Å². The maximum absolute atomic E-state index is 13.1. The van der Waals surface area contributed by atoms with Crippen molar-refractivity contribution in [3.63, 3.8) is 0 Å². The van der Waals surface area contributed by atoms with E-state index in [1.165, 1.54) is 66.7 Å². The summed E-state index contributed by atoms with van der Waals surface area (Å²) >= 11 is 0. The molecule has 38 heavy (non-hydrogen) atoms. The van der Waals surface area contributed by atoms with Crippen LogP contribution in [0.4, 0.5) is 5.69 Å². The van der Waals surface area contributed by atoms with Gasteiger partial charge in [0, 0.05) is 11.1 Å². The van der Waals surface area contributed by atoms with Crippen LogP contribution in [0.3, 0.4) is 0 Å². The molecule has 4 aromatic carbocycles. The lowest BCUT2D eigenvalue weighted by Crippen LogP contribution is -2.29. The summed E-state index contributed by atoms with van der Waals surface area (Å²) in [5.41, 5.74) is 0.864. The molecule has 2 amide bonds. The minimum absolute atomic E-state index is 0.0475. The Kier molecular flexibility index (Phi) is 6.02. The van der Waals surface area contributed by atoms with E-state index in [0.29, 0.717) is 17.1 Å². The second kappa shape index (κ2) is 9.47. The summed E-state index contributed by atoms with van der Waals surface area (Å²) in [6.07, 6.45) is 0. The highest BCUT2D eigenvalue weighted by molar-refractivity contribution is 6.35. The number of nitrogens with zero attached hydrogens (tertiary/aromatic N) is 1. The zero-order chi connectivity index (χ0) is 27.0. The zero-order valence-corrected chi connectivity index (χ0v) is 19.5. The second-order valence-electron chi connectivity index (χ2n) is 8.35. The summed E-state index contributed by atoms with van der Waals surface area (Å²) in [5, 5.41) is 18.2. The van der Waals surface area contributed by atoms with E-state index in [2.05, 4.69) is 0 Å². The molecule has 0 saturated carbocycles. The summed E-state index contributed by atoms with van der Waals surface area (Å²) < 4.78 is 5.69. The highest BCUT2D eigenvalue weighted by atomic mass is 16.5. The third-order valence-corrected chi connectivity index (χ3v) is 5.95. The van der Waals surface area contributed by atoms with Crippen molar-refractivity contribution in [1.29, 1.82) is 0 Å². The van der Waals surface area contributed by atoms with Gasteiger partial charge in [0.1, 0.15) is 11.5 Å². The Morgan fingerprint density at radius 2 is 1.13 bits per heavy atom. The van der Waals surface area contributed by atoms with Gasteiger partial charge in [0.05, 0.1) is 27.9 Å². The molecule has 5 rings (SSSR count). The summed E-state index contributed by atoms with van der Waals surface area (Å²) in [7, 11) is 0. The minimum atomic E-state index is -1.19. The molecule has 9 nitrogen and oxygen atoms in total. The quantitative estimate of drug-likeness (QED) is 0.266. The lowest BCUT2D eigenvalue weighted by Gasteiger charge is -2.14. The molecule has 0 aromatic heterocycles. The molecule has 0 radical (unpaired) electrons. The number of imide groups is 1. The van der Waals surface area contributed by atoms with Crippen LogP contribution in [-0.4, -0.2) is 39.7 Å². The molecular formula is C29H17NO8. The molecule has 1 aliphatic rings. The average molecular weight is 507 g/mol. The molecule has 2 N–H and O–H groups in total. The molecule has 0 bridgehead atoms. The van der Waals surface area contributed by atoms with E-state index in [4.69, 9.17) is 9.84 Å². The van der Waals surface area contributed by atoms with Crippen LogP contribution >= 0.6 is 0 Å². The minimum Gasteiger partial charge on any atom is -0.478 e. The number of carbonyl (C=O) groups excluding carboxylic acids is 3. The lowest BCUT2D eigenvalue weighted by atomic mass is 9.99. The van der Waals surface area contributed by atoms with Gasteiger partial charge in [-0.3, -0.25) is 14.4 Å². The fraction of sp³-hybridized carbons (Fsp3) is 0. The standard InChI is InChI=1S/C29H17NO8/c31-25(16-4-9-21(10-5-16)38-22-11-6-17(7-12-22)28(34)35)18-8-13-23-24(15-18)27(33)30(26(23)32)20-3-1-2-19(14-20)29(36)37/h1-15H,(H,34,35)(H,36,37). The number of aromatic carboxylic acids is 2. The summed E-state index contributed by atoms with van der Waals surface area (Å²) in [6, 6.07) is 21.8. The molecule has 0 fully saturated rings. The topological polar surface area (TPSA) is 138 Å². The van der Waals surface area contributed by atoms with E-state index in [0.717, 1.165) is 4.90 Å². The number of hydrogen-bond acceptors (Lipinski definition) is 6. The Bertz CT molecular complexity index is 1640. The number of anilines is 1. The fourth-order valence-corrected chi connectivity index (χ4v) is 4.04.